The van der Waals surface area contributed by atoms with Crippen LogP contribution in [0.4, 0.5) is 4.39 Å². The number of benzene rings is 1. The minimum absolute atomic E-state index is 0.0261. The predicted molar refractivity (Wildman–Crippen MR) is 106 cm³/mol. The van der Waals surface area contributed by atoms with Gasteiger partial charge in [-0.1, -0.05) is 0 Å². The molecule has 3 heterocycles. The van der Waals surface area contributed by atoms with E-state index in [1.54, 1.807) is 12.1 Å². The molecule has 0 radical (unpaired) electrons. The molecule has 146 valence electrons. The summed E-state index contributed by atoms with van der Waals surface area (Å²) in [5.74, 6) is -0.0931. The maximum atomic E-state index is 13.2. The van der Waals surface area contributed by atoms with E-state index in [1.807, 2.05) is 20.9 Å². The second-order valence-corrected chi connectivity index (χ2v) is 7.94. The van der Waals surface area contributed by atoms with Gasteiger partial charge >= 0.3 is 0 Å². The lowest BCUT2D eigenvalue weighted by Crippen LogP contribution is -2.43. The number of thiazole rings is 1. The van der Waals surface area contributed by atoms with Crippen LogP contribution < -0.4 is 5.32 Å². The molecule has 8 heteroatoms. The highest BCUT2D eigenvalue weighted by Crippen LogP contribution is 2.26. The molecule has 1 N–H and O–H groups in total. The van der Waals surface area contributed by atoms with Crippen molar-refractivity contribution in [2.24, 2.45) is 5.92 Å². The van der Waals surface area contributed by atoms with Gasteiger partial charge in [-0.05, 0) is 43.0 Å². The van der Waals surface area contributed by atoms with Gasteiger partial charge < -0.3 is 10.2 Å². The summed E-state index contributed by atoms with van der Waals surface area (Å²) in [6, 6.07) is 6.16. The van der Waals surface area contributed by atoms with Crippen molar-refractivity contribution in [1.82, 2.24) is 19.6 Å². The molecule has 0 spiro atoms. The molecule has 4 rings (SSSR count). The topological polar surface area (TPSA) is 66.7 Å². The van der Waals surface area contributed by atoms with Crippen molar-refractivity contribution in [3.05, 3.63) is 47.4 Å². The molecule has 1 atom stereocenters. The van der Waals surface area contributed by atoms with E-state index >= 15 is 0 Å². The highest BCUT2D eigenvalue weighted by molar-refractivity contribution is 7.15. The number of rotatable bonds is 4. The van der Waals surface area contributed by atoms with E-state index in [2.05, 4.69) is 10.3 Å². The van der Waals surface area contributed by atoms with E-state index in [9.17, 15) is 14.0 Å². The van der Waals surface area contributed by atoms with Gasteiger partial charge in [0.25, 0.3) is 5.91 Å². The fraction of sp³-hybridized carbons (Fsp3) is 0.350. The van der Waals surface area contributed by atoms with Gasteiger partial charge in [-0.25, -0.2) is 9.37 Å². The molecule has 28 heavy (non-hydrogen) atoms. The maximum Gasteiger partial charge on any atom is 0.271 e. The molecular formula is C20H21FN4O2S. The zero-order valence-electron chi connectivity index (χ0n) is 15.5. The predicted octanol–water partition coefficient (Wildman–Crippen LogP) is 3.19. The van der Waals surface area contributed by atoms with Crippen molar-refractivity contribution in [2.45, 2.75) is 19.8 Å². The Balaban J connectivity index is 1.54. The van der Waals surface area contributed by atoms with Gasteiger partial charge in [0.1, 0.15) is 11.5 Å². The summed E-state index contributed by atoms with van der Waals surface area (Å²) in [5, 5.41) is 4.68. The molecule has 2 aromatic heterocycles. The Labute approximate surface area is 166 Å². The zero-order valence-corrected chi connectivity index (χ0v) is 16.3. The second-order valence-electron chi connectivity index (χ2n) is 7.10. The molecule has 2 amide bonds. The molecule has 1 aromatic carbocycles. The Hall–Kier alpha value is -2.74. The molecule has 0 aliphatic carbocycles. The van der Waals surface area contributed by atoms with Crippen molar-refractivity contribution in [3.63, 3.8) is 0 Å². The van der Waals surface area contributed by atoms with Crippen LogP contribution in [-0.2, 0) is 4.79 Å². The van der Waals surface area contributed by atoms with Gasteiger partial charge in [-0.2, -0.15) is 0 Å². The summed E-state index contributed by atoms with van der Waals surface area (Å²) in [4.78, 5) is 31.4. The van der Waals surface area contributed by atoms with Gasteiger partial charge in [-0.3, -0.25) is 14.0 Å². The average molecular weight is 400 g/mol. The first-order valence-corrected chi connectivity index (χ1v) is 10.2. The van der Waals surface area contributed by atoms with E-state index in [4.69, 9.17) is 0 Å². The van der Waals surface area contributed by atoms with Crippen LogP contribution in [0.3, 0.4) is 0 Å². The molecule has 0 bridgehead atoms. The lowest BCUT2D eigenvalue weighted by molar-refractivity contribution is -0.119. The first-order chi connectivity index (χ1) is 13.5. The molecule has 1 fully saturated rings. The summed E-state index contributed by atoms with van der Waals surface area (Å²) in [6.07, 6.45) is 3.75. The quantitative estimate of drug-likeness (QED) is 0.731. The number of carbonyl (C=O) groups excluding carboxylic acids is 2. The van der Waals surface area contributed by atoms with Crippen LogP contribution in [0.1, 0.15) is 30.3 Å². The van der Waals surface area contributed by atoms with Gasteiger partial charge in [0.15, 0.2) is 4.96 Å². The van der Waals surface area contributed by atoms with Gasteiger partial charge in [-0.15, -0.1) is 11.3 Å². The van der Waals surface area contributed by atoms with Crippen molar-refractivity contribution in [3.8, 4) is 11.3 Å². The summed E-state index contributed by atoms with van der Waals surface area (Å²) in [5.41, 5.74) is 2.10. The molecule has 6 nitrogen and oxygen atoms in total. The number of likely N-dealkylation sites (tertiary alicyclic amines) is 1. The molecule has 3 aromatic rings. The van der Waals surface area contributed by atoms with Gasteiger partial charge in [0.2, 0.25) is 5.91 Å². The standard InChI is InChI=1S/C20H21FN4O2S/c1-13(26)22-9-14-3-2-8-24(10-14)19(27)18-12-28-20-23-17(11-25(18)20)15-4-6-16(21)7-5-15/h4-7,11-12,14H,2-3,8-10H2,1H3,(H,22,26)/t14-/m1/s1. The minimum Gasteiger partial charge on any atom is -0.356 e. The maximum absolute atomic E-state index is 13.2. The summed E-state index contributed by atoms with van der Waals surface area (Å²) in [7, 11) is 0. The van der Waals surface area contributed by atoms with E-state index < -0.39 is 0 Å². The van der Waals surface area contributed by atoms with Crippen LogP contribution in [0, 0.1) is 11.7 Å². The van der Waals surface area contributed by atoms with Crippen LogP contribution in [0.5, 0.6) is 0 Å². The minimum atomic E-state index is -0.292. The lowest BCUT2D eigenvalue weighted by atomic mass is 9.97. The Bertz CT molecular complexity index is 1010. The average Bonchev–Trinajstić information content (AvgIpc) is 3.27. The monoisotopic (exact) mass is 400 g/mol. The zero-order chi connectivity index (χ0) is 19.7. The fourth-order valence-electron chi connectivity index (χ4n) is 3.56. The van der Waals surface area contributed by atoms with Gasteiger partial charge in [0.05, 0.1) is 5.69 Å². The van der Waals surface area contributed by atoms with E-state index in [1.165, 1.54) is 30.4 Å². The Morgan fingerprint density at radius 3 is 2.86 bits per heavy atom. The van der Waals surface area contributed by atoms with Crippen molar-refractivity contribution < 1.29 is 14.0 Å². The van der Waals surface area contributed by atoms with Crippen LogP contribution in [0.15, 0.2) is 35.8 Å². The number of carbonyl (C=O) groups is 2. The second kappa shape index (κ2) is 7.71. The first kappa shape index (κ1) is 18.6. The van der Waals surface area contributed by atoms with Crippen LogP contribution in [-0.4, -0.2) is 45.7 Å². The highest BCUT2D eigenvalue weighted by Gasteiger charge is 2.26. The number of halogens is 1. The lowest BCUT2D eigenvalue weighted by Gasteiger charge is -2.32. The van der Waals surface area contributed by atoms with Crippen LogP contribution in [0.2, 0.25) is 0 Å². The van der Waals surface area contributed by atoms with Crippen molar-refractivity contribution >= 4 is 28.1 Å². The fourth-order valence-corrected chi connectivity index (χ4v) is 4.41. The van der Waals surface area contributed by atoms with Crippen LogP contribution in [0.25, 0.3) is 16.2 Å². The third-order valence-corrected chi connectivity index (χ3v) is 5.85. The normalized spacial score (nSPS) is 17.1. The molecular weight excluding hydrogens is 379 g/mol. The number of imidazole rings is 1. The summed E-state index contributed by atoms with van der Waals surface area (Å²) >= 11 is 1.41. The van der Waals surface area contributed by atoms with Crippen molar-refractivity contribution in [2.75, 3.05) is 19.6 Å². The number of hydrogen-bond acceptors (Lipinski definition) is 4. The summed E-state index contributed by atoms with van der Waals surface area (Å²) < 4.78 is 15.0. The SMILES string of the molecule is CC(=O)NC[C@H]1CCCN(C(=O)c2csc3nc(-c4ccc(F)cc4)cn23)C1. The number of hydrogen-bond donors (Lipinski definition) is 1. The number of aromatic nitrogens is 2. The molecule has 1 aliphatic rings. The smallest absolute Gasteiger partial charge is 0.271 e. The largest absolute Gasteiger partial charge is 0.356 e. The molecule has 0 saturated carbocycles. The number of nitrogens with zero attached hydrogens (tertiary/aromatic N) is 3. The first-order valence-electron chi connectivity index (χ1n) is 9.27. The third kappa shape index (κ3) is 3.77. The molecule has 1 saturated heterocycles. The Morgan fingerprint density at radius 2 is 2.11 bits per heavy atom. The summed E-state index contributed by atoms with van der Waals surface area (Å²) in [6.45, 7) is 3.45. The van der Waals surface area contributed by atoms with E-state index in [0.29, 0.717) is 31.0 Å². The molecule has 1 aliphatic heterocycles. The number of piperidine rings is 1. The van der Waals surface area contributed by atoms with E-state index in [0.717, 1.165) is 23.4 Å². The van der Waals surface area contributed by atoms with Crippen LogP contribution >= 0.6 is 11.3 Å². The highest BCUT2D eigenvalue weighted by atomic mass is 32.1. The number of fused-ring (bicyclic) bond motifs is 1. The number of amides is 2. The van der Waals surface area contributed by atoms with E-state index in [-0.39, 0.29) is 23.5 Å². The Kier molecular flexibility index (Phi) is 5.13. The third-order valence-electron chi connectivity index (χ3n) is 5.01. The van der Waals surface area contributed by atoms with Crippen molar-refractivity contribution in [1.29, 1.82) is 0 Å². The molecule has 0 unspecified atom stereocenters. The van der Waals surface area contributed by atoms with Gasteiger partial charge in [0, 0.05) is 43.7 Å². The Morgan fingerprint density at radius 1 is 1.32 bits per heavy atom. The number of nitrogens with one attached hydrogen (secondary N) is 1.